The minimum absolute atomic E-state index is 0.0599. The van der Waals surface area contributed by atoms with Crippen LogP contribution in [0.15, 0.2) is 18.2 Å². The van der Waals surface area contributed by atoms with E-state index in [1.165, 1.54) is 25.1 Å². The second-order valence-electron chi connectivity index (χ2n) is 2.93. The molecule has 0 aliphatic heterocycles. The van der Waals surface area contributed by atoms with Crippen molar-refractivity contribution in [2.75, 3.05) is 5.73 Å². The highest BCUT2D eigenvalue weighted by Gasteiger charge is 2.11. The number of esters is 1. The Morgan fingerprint density at radius 2 is 2.27 bits per heavy atom. The second kappa shape index (κ2) is 4.41. The lowest BCUT2D eigenvalue weighted by Crippen LogP contribution is -2.01. The zero-order chi connectivity index (χ0) is 11.4. The molecule has 0 bridgehead atoms. The van der Waals surface area contributed by atoms with Crippen molar-refractivity contribution >= 4 is 17.3 Å². The topological polar surface area (TPSA) is 95.5 Å². The molecule has 1 aromatic carbocycles. The number of nitro benzene ring substituents is 1. The molecule has 1 aromatic rings. The van der Waals surface area contributed by atoms with E-state index in [-0.39, 0.29) is 18.0 Å². The first-order chi connectivity index (χ1) is 7.00. The van der Waals surface area contributed by atoms with Crippen LogP contribution in [-0.2, 0) is 16.1 Å². The summed E-state index contributed by atoms with van der Waals surface area (Å²) in [5.74, 6) is -0.410. The van der Waals surface area contributed by atoms with Crippen LogP contribution in [0.3, 0.4) is 0 Å². The third-order valence-corrected chi connectivity index (χ3v) is 1.73. The number of ether oxygens (including phenoxy) is 1. The molecule has 6 heteroatoms. The fourth-order valence-corrected chi connectivity index (χ4v) is 1.04. The number of nitro groups is 1. The quantitative estimate of drug-likeness (QED) is 0.350. The third kappa shape index (κ3) is 2.94. The van der Waals surface area contributed by atoms with Crippen LogP contribution >= 0.6 is 0 Å². The molecule has 0 aromatic heterocycles. The molecule has 15 heavy (non-hydrogen) atoms. The minimum Gasteiger partial charge on any atom is -0.461 e. The molecule has 0 saturated carbocycles. The normalized spacial score (nSPS) is 9.67. The first-order valence-corrected chi connectivity index (χ1v) is 4.17. The number of hydrogen-bond donors (Lipinski definition) is 1. The Labute approximate surface area is 85.8 Å². The van der Waals surface area contributed by atoms with Crippen molar-refractivity contribution in [3.8, 4) is 0 Å². The van der Waals surface area contributed by atoms with Gasteiger partial charge in [-0.2, -0.15) is 0 Å². The number of nitrogens with zero attached hydrogens (tertiary/aromatic N) is 1. The van der Waals surface area contributed by atoms with Gasteiger partial charge in [-0.15, -0.1) is 0 Å². The lowest BCUT2D eigenvalue weighted by molar-refractivity contribution is -0.383. The summed E-state index contributed by atoms with van der Waals surface area (Å²) in [5, 5.41) is 10.4. The van der Waals surface area contributed by atoms with Crippen molar-refractivity contribution in [2.45, 2.75) is 13.5 Å². The SMILES string of the molecule is CC(=O)OCc1ccc([N+](=O)[O-])c(N)c1. The molecular formula is C9H10N2O4. The number of rotatable bonds is 3. The van der Waals surface area contributed by atoms with Gasteiger partial charge in [-0.25, -0.2) is 0 Å². The van der Waals surface area contributed by atoms with E-state index in [0.29, 0.717) is 5.56 Å². The van der Waals surface area contributed by atoms with Gasteiger partial charge < -0.3 is 10.5 Å². The Bertz CT molecular complexity index is 403. The minimum atomic E-state index is -0.565. The van der Waals surface area contributed by atoms with E-state index >= 15 is 0 Å². The Hall–Kier alpha value is -2.11. The molecule has 0 spiro atoms. The second-order valence-corrected chi connectivity index (χ2v) is 2.93. The van der Waals surface area contributed by atoms with Crippen molar-refractivity contribution in [3.63, 3.8) is 0 Å². The summed E-state index contributed by atoms with van der Waals surface area (Å²) in [4.78, 5) is 20.4. The molecule has 0 saturated heterocycles. The van der Waals surface area contributed by atoms with Gasteiger partial charge in [0.15, 0.2) is 0 Å². The molecule has 80 valence electrons. The highest BCUT2D eigenvalue weighted by atomic mass is 16.6. The standard InChI is InChI=1S/C9H10N2O4/c1-6(12)15-5-7-2-3-9(11(13)14)8(10)4-7/h2-4H,5,10H2,1H3. The highest BCUT2D eigenvalue weighted by Crippen LogP contribution is 2.22. The van der Waals surface area contributed by atoms with E-state index in [1.807, 2.05) is 0 Å². The van der Waals surface area contributed by atoms with Crippen LogP contribution in [0.2, 0.25) is 0 Å². The maximum Gasteiger partial charge on any atom is 0.302 e. The number of nitrogens with two attached hydrogens (primary N) is 1. The van der Waals surface area contributed by atoms with E-state index in [0.717, 1.165) is 0 Å². The zero-order valence-electron chi connectivity index (χ0n) is 8.10. The van der Waals surface area contributed by atoms with E-state index < -0.39 is 10.9 Å². The first-order valence-electron chi connectivity index (χ1n) is 4.17. The van der Waals surface area contributed by atoms with Gasteiger partial charge in [0, 0.05) is 13.0 Å². The van der Waals surface area contributed by atoms with Crippen molar-refractivity contribution < 1.29 is 14.5 Å². The van der Waals surface area contributed by atoms with Crippen LogP contribution in [0.5, 0.6) is 0 Å². The fraction of sp³-hybridized carbons (Fsp3) is 0.222. The van der Waals surface area contributed by atoms with Crippen molar-refractivity contribution in [2.24, 2.45) is 0 Å². The summed E-state index contributed by atoms with van der Waals surface area (Å²) in [6.07, 6.45) is 0. The number of benzene rings is 1. The molecule has 6 nitrogen and oxygen atoms in total. The largest absolute Gasteiger partial charge is 0.461 e. The lowest BCUT2D eigenvalue weighted by atomic mass is 10.2. The monoisotopic (exact) mass is 210 g/mol. The maximum absolute atomic E-state index is 10.5. The van der Waals surface area contributed by atoms with Gasteiger partial charge in [-0.05, 0) is 17.7 Å². The van der Waals surface area contributed by atoms with Crippen LogP contribution in [0.25, 0.3) is 0 Å². The van der Waals surface area contributed by atoms with E-state index in [1.54, 1.807) is 0 Å². The predicted octanol–water partition coefficient (Wildman–Crippen LogP) is 1.24. The predicted molar refractivity (Wildman–Crippen MR) is 53.0 cm³/mol. The van der Waals surface area contributed by atoms with Gasteiger partial charge in [-0.3, -0.25) is 14.9 Å². The molecule has 0 heterocycles. The molecule has 2 N–H and O–H groups in total. The number of hydrogen-bond acceptors (Lipinski definition) is 5. The molecule has 0 unspecified atom stereocenters. The maximum atomic E-state index is 10.5. The first kappa shape index (κ1) is 11.0. The van der Waals surface area contributed by atoms with Gasteiger partial charge in [0.2, 0.25) is 0 Å². The summed E-state index contributed by atoms with van der Waals surface area (Å²) in [5.41, 5.74) is 5.97. The molecule has 0 radical (unpaired) electrons. The smallest absolute Gasteiger partial charge is 0.302 e. The fourth-order valence-electron chi connectivity index (χ4n) is 1.04. The van der Waals surface area contributed by atoms with Crippen LogP contribution in [-0.4, -0.2) is 10.9 Å². The molecule has 1 rings (SSSR count). The number of anilines is 1. The molecule has 0 amide bonds. The number of nitrogen functional groups attached to an aromatic ring is 1. The Morgan fingerprint density at radius 1 is 1.60 bits per heavy atom. The number of carbonyl (C=O) groups excluding carboxylic acids is 1. The van der Waals surface area contributed by atoms with Crippen molar-refractivity contribution in [1.29, 1.82) is 0 Å². The van der Waals surface area contributed by atoms with Crippen molar-refractivity contribution in [1.82, 2.24) is 0 Å². The molecule has 0 aliphatic carbocycles. The van der Waals surface area contributed by atoms with Crippen LogP contribution in [0.4, 0.5) is 11.4 Å². The van der Waals surface area contributed by atoms with E-state index in [2.05, 4.69) is 0 Å². The van der Waals surface area contributed by atoms with Crippen molar-refractivity contribution in [3.05, 3.63) is 33.9 Å². The Morgan fingerprint density at radius 3 is 2.73 bits per heavy atom. The Kier molecular flexibility index (Phi) is 3.22. The summed E-state index contributed by atoms with van der Waals surface area (Å²) in [7, 11) is 0. The average molecular weight is 210 g/mol. The van der Waals surface area contributed by atoms with E-state index in [9.17, 15) is 14.9 Å². The van der Waals surface area contributed by atoms with Gasteiger partial charge in [0.25, 0.3) is 5.69 Å². The van der Waals surface area contributed by atoms with E-state index in [4.69, 9.17) is 10.5 Å². The van der Waals surface area contributed by atoms with Gasteiger partial charge >= 0.3 is 5.97 Å². The van der Waals surface area contributed by atoms with Crippen LogP contribution < -0.4 is 5.73 Å². The molecule has 0 aliphatic rings. The molecular weight excluding hydrogens is 200 g/mol. The Balaban J connectivity index is 2.82. The highest BCUT2D eigenvalue weighted by molar-refractivity contribution is 5.66. The van der Waals surface area contributed by atoms with Gasteiger partial charge in [0.05, 0.1) is 4.92 Å². The number of carbonyl (C=O) groups is 1. The van der Waals surface area contributed by atoms with Gasteiger partial charge in [0.1, 0.15) is 12.3 Å². The molecule has 0 fully saturated rings. The zero-order valence-corrected chi connectivity index (χ0v) is 8.10. The summed E-state index contributed by atoms with van der Waals surface area (Å²) in [6, 6.07) is 4.20. The van der Waals surface area contributed by atoms with Crippen LogP contribution in [0, 0.1) is 10.1 Å². The lowest BCUT2D eigenvalue weighted by Gasteiger charge is -2.03. The summed E-state index contributed by atoms with van der Waals surface area (Å²) >= 11 is 0. The third-order valence-electron chi connectivity index (χ3n) is 1.73. The average Bonchev–Trinajstić information content (AvgIpc) is 2.14. The molecule has 0 atom stereocenters. The van der Waals surface area contributed by atoms with Crippen LogP contribution in [0.1, 0.15) is 12.5 Å². The summed E-state index contributed by atoms with van der Waals surface area (Å²) in [6.45, 7) is 1.35. The summed E-state index contributed by atoms with van der Waals surface area (Å²) < 4.78 is 4.72. The van der Waals surface area contributed by atoms with Gasteiger partial charge in [-0.1, -0.05) is 0 Å².